The van der Waals surface area contributed by atoms with Crippen molar-refractivity contribution in [1.82, 2.24) is 0 Å². The molecule has 206 valence electrons. The molecule has 3 heteroatoms. The van der Waals surface area contributed by atoms with Crippen molar-refractivity contribution >= 4 is 21.5 Å². The fourth-order valence-corrected chi connectivity index (χ4v) is 5.63. The molecule has 0 spiro atoms. The van der Waals surface area contributed by atoms with Crippen LogP contribution in [0.15, 0.2) is 84.9 Å². The van der Waals surface area contributed by atoms with Crippen LogP contribution < -0.4 is 4.74 Å². The van der Waals surface area contributed by atoms with Gasteiger partial charge in [-0.25, -0.2) is 0 Å². The number of fused-ring (bicyclic) bond motifs is 2. The summed E-state index contributed by atoms with van der Waals surface area (Å²) in [6.45, 7) is 5.15. The lowest BCUT2D eigenvalue weighted by molar-refractivity contribution is 0.311. The monoisotopic (exact) mass is 532 g/mol. The zero-order valence-corrected chi connectivity index (χ0v) is 23.7. The minimum atomic E-state index is 0.269. The minimum absolute atomic E-state index is 0.269. The van der Waals surface area contributed by atoms with E-state index in [9.17, 15) is 10.2 Å². The van der Waals surface area contributed by atoms with Crippen molar-refractivity contribution in [1.29, 1.82) is 0 Å². The standard InChI is InChI=1S/C37H40O3/c1-3-4-5-6-7-8-9-10-23-40-37-34-22-16-29(27-11-17-31(38)18-12-27)24-35(34)26(2)33-21-15-30(25-36(33)37)28-13-19-32(39)20-14-28/h11-22,24-25,38-39H,3-10,23H2,1-2H3. The first-order chi connectivity index (χ1) is 19.5. The lowest BCUT2D eigenvalue weighted by atomic mass is 9.91. The van der Waals surface area contributed by atoms with Gasteiger partial charge < -0.3 is 14.9 Å². The number of aryl methyl sites for hydroxylation is 1. The number of hydrogen-bond donors (Lipinski definition) is 2. The molecule has 0 aliphatic rings. The van der Waals surface area contributed by atoms with Gasteiger partial charge in [0, 0.05) is 10.8 Å². The van der Waals surface area contributed by atoms with Crippen molar-refractivity contribution in [2.45, 2.75) is 65.2 Å². The van der Waals surface area contributed by atoms with Crippen LogP contribution in [-0.4, -0.2) is 16.8 Å². The highest BCUT2D eigenvalue weighted by Crippen LogP contribution is 2.41. The predicted octanol–water partition coefficient (Wildman–Crippen LogP) is 10.6. The van der Waals surface area contributed by atoms with Gasteiger partial charge >= 0.3 is 0 Å². The quantitative estimate of drug-likeness (QED) is 0.124. The van der Waals surface area contributed by atoms with E-state index in [1.165, 1.54) is 61.3 Å². The zero-order chi connectivity index (χ0) is 27.9. The molecule has 0 atom stereocenters. The number of unbranched alkanes of at least 4 members (excludes halogenated alkanes) is 7. The van der Waals surface area contributed by atoms with E-state index in [0.717, 1.165) is 45.2 Å². The molecule has 0 amide bonds. The van der Waals surface area contributed by atoms with Gasteiger partial charge in [-0.3, -0.25) is 0 Å². The van der Waals surface area contributed by atoms with Crippen molar-refractivity contribution in [3.05, 3.63) is 90.5 Å². The summed E-state index contributed by atoms with van der Waals surface area (Å²) in [4.78, 5) is 0. The lowest BCUT2D eigenvalue weighted by Crippen LogP contribution is -2.00. The minimum Gasteiger partial charge on any atom is -0.508 e. The normalized spacial score (nSPS) is 11.3. The molecular formula is C37H40O3. The average molecular weight is 533 g/mol. The van der Waals surface area contributed by atoms with E-state index in [1.54, 1.807) is 24.3 Å². The summed E-state index contributed by atoms with van der Waals surface area (Å²) in [5, 5.41) is 24.1. The Morgan fingerprint density at radius 3 is 1.55 bits per heavy atom. The van der Waals surface area contributed by atoms with Crippen LogP contribution in [0.2, 0.25) is 0 Å². The van der Waals surface area contributed by atoms with Crippen LogP contribution in [0.25, 0.3) is 43.8 Å². The lowest BCUT2D eigenvalue weighted by Gasteiger charge is -2.18. The van der Waals surface area contributed by atoms with E-state index in [4.69, 9.17) is 4.74 Å². The van der Waals surface area contributed by atoms with Crippen LogP contribution >= 0.6 is 0 Å². The van der Waals surface area contributed by atoms with Crippen LogP contribution in [0, 0.1) is 6.92 Å². The number of benzene rings is 5. The maximum absolute atomic E-state index is 9.77. The number of phenols is 2. The molecule has 0 fully saturated rings. The molecule has 0 saturated heterocycles. The summed E-state index contributed by atoms with van der Waals surface area (Å²) >= 11 is 0. The Morgan fingerprint density at radius 2 is 0.975 bits per heavy atom. The van der Waals surface area contributed by atoms with Gasteiger partial charge in [0.25, 0.3) is 0 Å². The zero-order valence-electron chi connectivity index (χ0n) is 23.7. The first kappa shape index (κ1) is 27.6. The molecule has 0 aromatic heterocycles. The molecule has 0 aliphatic heterocycles. The molecule has 5 aromatic carbocycles. The number of ether oxygens (including phenoxy) is 1. The summed E-state index contributed by atoms with van der Waals surface area (Å²) in [5.74, 6) is 1.48. The Labute approximate surface area is 238 Å². The second-order valence-electron chi connectivity index (χ2n) is 10.9. The predicted molar refractivity (Wildman–Crippen MR) is 168 cm³/mol. The van der Waals surface area contributed by atoms with Crippen LogP contribution in [0.1, 0.15) is 63.9 Å². The van der Waals surface area contributed by atoms with Crippen molar-refractivity contribution < 1.29 is 14.9 Å². The Morgan fingerprint density at radius 1 is 0.500 bits per heavy atom. The topological polar surface area (TPSA) is 49.7 Å². The second kappa shape index (κ2) is 12.9. The summed E-state index contributed by atoms with van der Waals surface area (Å²) in [5.41, 5.74) is 5.58. The summed E-state index contributed by atoms with van der Waals surface area (Å²) < 4.78 is 6.63. The molecule has 0 unspecified atom stereocenters. The van der Waals surface area contributed by atoms with E-state index in [1.807, 2.05) is 24.3 Å². The molecule has 5 rings (SSSR count). The largest absolute Gasteiger partial charge is 0.508 e. The molecular weight excluding hydrogens is 492 g/mol. The first-order valence-corrected chi connectivity index (χ1v) is 14.8. The third-order valence-electron chi connectivity index (χ3n) is 7.98. The molecule has 5 aromatic rings. The van der Waals surface area contributed by atoms with Crippen LogP contribution in [-0.2, 0) is 0 Å². The number of phenolic OH excluding ortho intramolecular Hbond substituents is 2. The summed E-state index contributed by atoms with van der Waals surface area (Å²) in [7, 11) is 0. The Balaban J connectivity index is 1.49. The van der Waals surface area contributed by atoms with E-state index in [0.29, 0.717) is 6.61 Å². The molecule has 40 heavy (non-hydrogen) atoms. The van der Waals surface area contributed by atoms with Crippen molar-refractivity contribution in [2.24, 2.45) is 0 Å². The highest BCUT2D eigenvalue weighted by molar-refractivity contribution is 6.10. The first-order valence-electron chi connectivity index (χ1n) is 14.8. The number of aromatic hydroxyl groups is 2. The Bertz CT molecular complexity index is 1570. The van der Waals surface area contributed by atoms with Crippen molar-refractivity contribution in [3.8, 4) is 39.5 Å². The molecule has 2 N–H and O–H groups in total. The fraction of sp³-hybridized carbons (Fsp3) is 0.297. The fourth-order valence-electron chi connectivity index (χ4n) is 5.63. The summed E-state index contributed by atoms with van der Waals surface area (Å²) in [6, 6.07) is 27.9. The van der Waals surface area contributed by atoms with Gasteiger partial charge in [-0.2, -0.15) is 0 Å². The van der Waals surface area contributed by atoms with Gasteiger partial charge in [0.15, 0.2) is 0 Å². The molecule has 0 bridgehead atoms. The van der Waals surface area contributed by atoms with Crippen LogP contribution in [0.4, 0.5) is 0 Å². The average Bonchev–Trinajstić information content (AvgIpc) is 2.98. The molecule has 0 radical (unpaired) electrons. The summed E-state index contributed by atoms with van der Waals surface area (Å²) in [6.07, 6.45) is 10.1. The van der Waals surface area contributed by atoms with Gasteiger partial charge in [-0.1, -0.05) is 100 Å². The highest BCUT2D eigenvalue weighted by atomic mass is 16.5. The third kappa shape index (κ3) is 6.25. The molecule has 0 heterocycles. The molecule has 0 saturated carbocycles. The highest BCUT2D eigenvalue weighted by Gasteiger charge is 2.15. The smallest absolute Gasteiger partial charge is 0.134 e. The maximum atomic E-state index is 9.77. The van der Waals surface area contributed by atoms with E-state index < -0.39 is 0 Å². The van der Waals surface area contributed by atoms with Gasteiger partial charge in [-0.05, 0) is 88.3 Å². The molecule has 0 aliphatic carbocycles. The van der Waals surface area contributed by atoms with Gasteiger partial charge in [0.1, 0.15) is 17.2 Å². The van der Waals surface area contributed by atoms with Crippen LogP contribution in [0.3, 0.4) is 0 Å². The Kier molecular flexibility index (Phi) is 8.91. The van der Waals surface area contributed by atoms with E-state index in [2.05, 4.69) is 50.2 Å². The van der Waals surface area contributed by atoms with Crippen molar-refractivity contribution in [2.75, 3.05) is 6.61 Å². The van der Waals surface area contributed by atoms with Gasteiger partial charge in [0.2, 0.25) is 0 Å². The second-order valence-corrected chi connectivity index (χ2v) is 10.9. The van der Waals surface area contributed by atoms with Gasteiger partial charge in [-0.15, -0.1) is 0 Å². The van der Waals surface area contributed by atoms with E-state index in [-0.39, 0.29) is 11.5 Å². The third-order valence-corrected chi connectivity index (χ3v) is 7.98. The number of rotatable bonds is 12. The number of hydrogen-bond acceptors (Lipinski definition) is 3. The molecule has 3 nitrogen and oxygen atoms in total. The van der Waals surface area contributed by atoms with Gasteiger partial charge in [0.05, 0.1) is 6.61 Å². The van der Waals surface area contributed by atoms with E-state index >= 15 is 0 Å². The van der Waals surface area contributed by atoms with Crippen molar-refractivity contribution in [3.63, 3.8) is 0 Å². The Hall–Kier alpha value is -3.98. The van der Waals surface area contributed by atoms with Crippen LogP contribution in [0.5, 0.6) is 17.2 Å². The maximum Gasteiger partial charge on any atom is 0.134 e. The SMILES string of the molecule is CCCCCCCCCCOc1c2ccc(-c3ccc(O)cc3)cc2c(C)c2ccc(-c3ccc(O)cc3)cc12.